The number of unbranched alkanes of at least 4 members (excludes halogenated alkanes) is 2. The molecule has 0 saturated heterocycles. The lowest BCUT2D eigenvalue weighted by Gasteiger charge is -2.36. The van der Waals surface area contributed by atoms with Crippen molar-refractivity contribution < 1.29 is 5.11 Å². The van der Waals surface area contributed by atoms with Crippen LogP contribution in [0.4, 0.5) is 0 Å². The summed E-state index contributed by atoms with van der Waals surface area (Å²) in [6.45, 7) is 17.3. The predicted molar refractivity (Wildman–Crippen MR) is 191 cm³/mol. The molecule has 0 spiro atoms. The van der Waals surface area contributed by atoms with E-state index in [4.69, 9.17) is 0 Å². The number of rotatable bonds is 19. The lowest BCUT2D eigenvalue weighted by atomic mass is 9.70. The maximum absolute atomic E-state index is 9.35. The molecule has 1 aromatic carbocycles. The van der Waals surface area contributed by atoms with E-state index in [1.54, 1.807) is 5.57 Å². The zero-order valence-electron chi connectivity index (χ0n) is 28.7. The maximum atomic E-state index is 9.35. The van der Waals surface area contributed by atoms with Gasteiger partial charge in [-0.15, -0.1) is 6.58 Å². The van der Waals surface area contributed by atoms with Gasteiger partial charge in [-0.25, -0.2) is 0 Å². The summed E-state index contributed by atoms with van der Waals surface area (Å²) in [5, 5.41) is 9.35. The number of allylic oxidation sites excluding steroid dienone is 4. The minimum atomic E-state index is 0.137. The fourth-order valence-electron chi connectivity index (χ4n) is 7.80. The van der Waals surface area contributed by atoms with E-state index in [-0.39, 0.29) is 6.61 Å². The van der Waals surface area contributed by atoms with E-state index in [9.17, 15) is 5.11 Å². The molecule has 2 atom stereocenters. The molecular formula is C42H66O. The molecule has 2 aliphatic carbocycles. The SMILES string of the molecule is C=C(C)CCC(CCCC1CCC(C2CC=C(c3ccc(/C=C(\C)CCCCC)c(CC)c3)CC2)CC1)CCC(=C)CO. The normalized spacial score (nSPS) is 21.8. The first-order chi connectivity index (χ1) is 20.8. The molecule has 1 nitrogen and oxygen atoms in total. The van der Waals surface area contributed by atoms with Crippen LogP contribution < -0.4 is 0 Å². The van der Waals surface area contributed by atoms with Gasteiger partial charge in [0.25, 0.3) is 0 Å². The van der Waals surface area contributed by atoms with Crippen LogP contribution in [0.25, 0.3) is 11.6 Å². The largest absolute Gasteiger partial charge is 0.392 e. The highest BCUT2D eigenvalue weighted by atomic mass is 16.3. The molecule has 0 heterocycles. The van der Waals surface area contributed by atoms with Gasteiger partial charge in [-0.05, 0) is 137 Å². The van der Waals surface area contributed by atoms with Gasteiger partial charge in [0, 0.05) is 0 Å². The molecule has 43 heavy (non-hydrogen) atoms. The molecule has 240 valence electrons. The van der Waals surface area contributed by atoms with E-state index in [1.807, 2.05) is 0 Å². The van der Waals surface area contributed by atoms with Gasteiger partial charge in [0.05, 0.1) is 6.61 Å². The molecule has 1 saturated carbocycles. The summed E-state index contributed by atoms with van der Waals surface area (Å²) < 4.78 is 0. The average Bonchev–Trinajstić information content (AvgIpc) is 3.02. The Labute approximate surface area is 267 Å². The highest BCUT2D eigenvalue weighted by Crippen LogP contribution is 2.42. The molecule has 0 amide bonds. The number of aryl methyl sites for hydroxylation is 1. The van der Waals surface area contributed by atoms with Crippen LogP contribution >= 0.6 is 0 Å². The van der Waals surface area contributed by atoms with Crippen LogP contribution in [-0.2, 0) is 6.42 Å². The third-order valence-electron chi connectivity index (χ3n) is 10.8. The lowest BCUT2D eigenvalue weighted by Crippen LogP contribution is -2.23. The van der Waals surface area contributed by atoms with E-state index >= 15 is 0 Å². The van der Waals surface area contributed by atoms with Crippen molar-refractivity contribution in [3.63, 3.8) is 0 Å². The molecule has 2 unspecified atom stereocenters. The second-order valence-corrected chi connectivity index (χ2v) is 14.5. The summed E-state index contributed by atoms with van der Waals surface area (Å²) in [4.78, 5) is 0. The van der Waals surface area contributed by atoms with Gasteiger partial charge in [0.1, 0.15) is 0 Å². The zero-order valence-corrected chi connectivity index (χ0v) is 28.7. The van der Waals surface area contributed by atoms with Gasteiger partial charge >= 0.3 is 0 Å². The Morgan fingerprint density at radius 1 is 0.907 bits per heavy atom. The molecular weight excluding hydrogens is 520 g/mol. The number of aliphatic hydroxyl groups is 1. The van der Waals surface area contributed by atoms with E-state index in [0.717, 1.165) is 48.5 Å². The second-order valence-electron chi connectivity index (χ2n) is 14.5. The lowest BCUT2D eigenvalue weighted by molar-refractivity contribution is 0.186. The van der Waals surface area contributed by atoms with Gasteiger partial charge < -0.3 is 5.11 Å². The Balaban J connectivity index is 1.44. The third-order valence-corrected chi connectivity index (χ3v) is 10.8. The fraction of sp³-hybridized carbons (Fsp3) is 0.667. The number of hydrogen-bond acceptors (Lipinski definition) is 1. The monoisotopic (exact) mass is 587 g/mol. The topological polar surface area (TPSA) is 20.2 Å². The first-order valence-electron chi connectivity index (χ1n) is 18.2. The van der Waals surface area contributed by atoms with Crippen molar-refractivity contribution in [3.8, 4) is 0 Å². The van der Waals surface area contributed by atoms with Crippen molar-refractivity contribution in [1.82, 2.24) is 0 Å². The van der Waals surface area contributed by atoms with Crippen LogP contribution in [0, 0.1) is 23.7 Å². The third kappa shape index (κ3) is 12.6. The van der Waals surface area contributed by atoms with Crippen LogP contribution in [0.5, 0.6) is 0 Å². The number of benzene rings is 1. The maximum Gasteiger partial charge on any atom is 0.0639 e. The molecule has 1 aromatic rings. The zero-order chi connectivity index (χ0) is 31.0. The highest BCUT2D eigenvalue weighted by Gasteiger charge is 2.29. The Kier molecular flexibility index (Phi) is 16.2. The number of aliphatic hydroxyl groups excluding tert-OH is 1. The van der Waals surface area contributed by atoms with E-state index < -0.39 is 0 Å². The second kappa shape index (κ2) is 19.5. The summed E-state index contributed by atoms with van der Waals surface area (Å²) in [6.07, 6.45) is 29.7. The first-order valence-corrected chi connectivity index (χ1v) is 18.2. The quantitative estimate of drug-likeness (QED) is 0.126. The summed E-state index contributed by atoms with van der Waals surface area (Å²) in [5.41, 5.74) is 9.82. The van der Waals surface area contributed by atoms with Crippen LogP contribution in [0.2, 0.25) is 0 Å². The minimum absolute atomic E-state index is 0.137. The van der Waals surface area contributed by atoms with Crippen molar-refractivity contribution >= 4 is 11.6 Å². The molecule has 2 aliphatic rings. The molecule has 0 radical (unpaired) electrons. The van der Waals surface area contributed by atoms with Gasteiger partial charge in [-0.2, -0.15) is 0 Å². The molecule has 0 aliphatic heterocycles. The van der Waals surface area contributed by atoms with E-state index in [1.165, 1.54) is 131 Å². The number of hydrogen-bond donors (Lipinski definition) is 1. The molecule has 1 N–H and O–H groups in total. The Morgan fingerprint density at radius 2 is 1.67 bits per heavy atom. The first kappa shape index (κ1) is 35.6. The van der Waals surface area contributed by atoms with Crippen molar-refractivity contribution in [3.05, 3.63) is 70.8 Å². The summed E-state index contributed by atoms with van der Waals surface area (Å²) in [6, 6.07) is 7.28. The standard InChI is InChI=1S/C42H66O/c1-7-9-10-12-33(5)29-41-27-28-42(30-37(41)8-2)40-25-23-39(24-26-40)38-21-19-36(20-22-38)14-11-13-35(17-15-32(3)4)18-16-34(6)31-43/h25,27-30,35-36,38-39,43H,3,6-24,26,31H2,1-2,4-5H3/b33-29+. The van der Waals surface area contributed by atoms with Crippen molar-refractivity contribution in [1.29, 1.82) is 0 Å². The van der Waals surface area contributed by atoms with Gasteiger partial charge in [0.2, 0.25) is 0 Å². The molecule has 0 bridgehead atoms. The summed E-state index contributed by atoms with van der Waals surface area (Å²) in [7, 11) is 0. The van der Waals surface area contributed by atoms with Crippen molar-refractivity contribution in [2.24, 2.45) is 23.7 Å². The molecule has 0 aromatic heterocycles. The highest BCUT2D eigenvalue weighted by molar-refractivity contribution is 5.69. The molecule has 1 heteroatoms. The van der Waals surface area contributed by atoms with Crippen molar-refractivity contribution in [2.75, 3.05) is 6.61 Å². The van der Waals surface area contributed by atoms with E-state index in [0.29, 0.717) is 0 Å². The van der Waals surface area contributed by atoms with Crippen LogP contribution in [0.1, 0.15) is 160 Å². The minimum Gasteiger partial charge on any atom is -0.392 e. The van der Waals surface area contributed by atoms with Crippen molar-refractivity contribution in [2.45, 2.75) is 150 Å². The van der Waals surface area contributed by atoms with Crippen LogP contribution in [0.15, 0.2) is 54.2 Å². The smallest absolute Gasteiger partial charge is 0.0639 e. The Bertz CT molecular complexity index is 1050. The predicted octanol–water partition coefficient (Wildman–Crippen LogP) is 12.7. The Morgan fingerprint density at radius 3 is 2.33 bits per heavy atom. The molecule has 1 fully saturated rings. The van der Waals surface area contributed by atoms with Gasteiger partial charge in [0.15, 0.2) is 0 Å². The van der Waals surface area contributed by atoms with Gasteiger partial charge in [-0.1, -0.05) is 112 Å². The van der Waals surface area contributed by atoms with Crippen LogP contribution in [0.3, 0.4) is 0 Å². The Hall–Kier alpha value is -1.86. The average molecular weight is 587 g/mol. The van der Waals surface area contributed by atoms with Gasteiger partial charge in [-0.3, -0.25) is 0 Å². The van der Waals surface area contributed by atoms with Crippen LogP contribution in [-0.4, -0.2) is 11.7 Å². The summed E-state index contributed by atoms with van der Waals surface area (Å²) >= 11 is 0. The fourth-order valence-corrected chi connectivity index (χ4v) is 7.80. The molecule has 3 rings (SSSR count). The summed E-state index contributed by atoms with van der Waals surface area (Å²) in [5.74, 6) is 3.53. The van der Waals surface area contributed by atoms with E-state index in [2.05, 4.69) is 71.2 Å².